The fourth-order valence-corrected chi connectivity index (χ4v) is 2.22. The molecule has 1 aromatic heterocycles. The first-order chi connectivity index (χ1) is 8.24. The van der Waals surface area contributed by atoms with E-state index < -0.39 is 0 Å². The lowest BCUT2D eigenvalue weighted by Crippen LogP contribution is -2.05. The molecule has 0 unspecified atom stereocenters. The van der Waals surface area contributed by atoms with Gasteiger partial charge in [0.25, 0.3) is 0 Å². The minimum Gasteiger partial charge on any atom is -0.299 e. The third kappa shape index (κ3) is 3.18. The second-order valence-corrected chi connectivity index (χ2v) is 4.89. The monoisotopic (exact) mass is 234 g/mol. The number of nitrogens with zero attached hydrogens (tertiary/aromatic N) is 2. The second kappa shape index (κ2) is 5.48. The molecule has 1 saturated carbocycles. The molecule has 0 saturated heterocycles. The summed E-state index contributed by atoms with van der Waals surface area (Å²) >= 11 is 0. The Morgan fingerprint density at radius 3 is 2.82 bits per heavy atom. The molecule has 94 valence electrons. The van der Waals surface area contributed by atoms with Gasteiger partial charge in [0.2, 0.25) is 0 Å². The minimum atomic E-state index is 0.414. The number of carbonyl (C=O) groups excluding carboxylic acids is 1. The molecule has 0 atom stereocenters. The van der Waals surface area contributed by atoms with E-state index in [1.165, 1.54) is 5.69 Å². The quantitative estimate of drug-likeness (QED) is 0.727. The van der Waals surface area contributed by atoms with Gasteiger partial charge in [-0.25, -0.2) is 0 Å². The Balaban J connectivity index is 1.84. The number of aryl methyl sites for hydroxylation is 3. The summed E-state index contributed by atoms with van der Waals surface area (Å²) in [4.78, 5) is 11.6. The van der Waals surface area contributed by atoms with E-state index in [1.54, 1.807) is 0 Å². The lowest BCUT2D eigenvalue weighted by atomic mass is 10.1. The molecule has 1 fully saturated rings. The smallest absolute Gasteiger partial charge is 0.135 e. The van der Waals surface area contributed by atoms with Crippen LogP contribution < -0.4 is 0 Å². The first kappa shape index (κ1) is 12.3. The summed E-state index contributed by atoms with van der Waals surface area (Å²) in [6, 6.07) is 2.19. The number of rotatable bonds is 7. The molecule has 3 nitrogen and oxygen atoms in total. The lowest BCUT2D eigenvalue weighted by molar-refractivity contribution is -0.120. The maximum atomic E-state index is 11.6. The molecule has 2 rings (SSSR count). The first-order valence-corrected chi connectivity index (χ1v) is 6.82. The molecule has 0 amide bonds. The summed E-state index contributed by atoms with van der Waals surface area (Å²) in [6.45, 7) is 5.17. The molecule has 0 N–H and O–H groups in total. The van der Waals surface area contributed by atoms with Crippen molar-refractivity contribution in [3.05, 3.63) is 17.5 Å². The van der Waals surface area contributed by atoms with E-state index in [0.717, 1.165) is 50.8 Å². The minimum absolute atomic E-state index is 0.414. The number of Topliss-reactive ketones (excluding diaryl/α,β-unsaturated/α-hetero) is 1. The zero-order valence-electron chi connectivity index (χ0n) is 10.9. The Kier molecular flexibility index (Phi) is 3.97. The van der Waals surface area contributed by atoms with Crippen molar-refractivity contribution in [2.24, 2.45) is 5.92 Å². The van der Waals surface area contributed by atoms with Crippen LogP contribution in [0.25, 0.3) is 0 Å². The van der Waals surface area contributed by atoms with Crippen molar-refractivity contribution in [2.75, 3.05) is 0 Å². The largest absolute Gasteiger partial charge is 0.299 e. The van der Waals surface area contributed by atoms with E-state index >= 15 is 0 Å². The maximum Gasteiger partial charge on any atom is 0.135 e. The summed E-state index contributed by atoms with van der Waals surface area (Å²) in [6.07, 6.45) is 5.96. The molecule has 0 spiro atoms. The Labute approximate surface area is 103 Å². The maximum absolute atomic E-state index is 11.6. The van der Waals surface area contributed by atoms with Crippen molar-refractivity contribution in [1.29, 1.82) is 0 Å². The van der Waals surface area contributed by atoms with Gasteiger partial charge in [-0.2, -0.15) is 5.10 Å². The van der Waals surface area contributed by atoms with E-state index in [1.807, 2.05) is 0 Å². The highest BCUT2D eigenvalue weighted by atomic mass is 16.1. The van der Waals surface area contributed by atoms with Crippen LogP contribution in [0.1, 0.15) is 50.9 Å². The highest BCUT2D eigenvalue weighted by Gasteiger charge is 2.28. The fourth-order valence-electron chi connectivity index (χ4n) is 2.22. The molecule has 1 aliphatic carbocycles. The van der Waals surface area contributed by atoms with Crippen molar-refractivity contribution < 1.29 is 4.79 Å². The van der Waals surface area contributed by atoms with E-state index in [-0.39, 0.29) is 0 Å². The Morgan fingerprint density at radius 2 is 2.24 bits per heavy atom. The zero-order valence-corrected chi connectivity index (χ0v) is 10.9. The van der Waals surface area contributed by atoms with Crippen LogP contribution in [0.2, 0.25) is 0 Å². The van der Waals surface area contributed by atoms with Crippen molar-refractivity contribution in [3.63, 3.8) is 0 Å². The number of hydrogen-bond donors (Lipinski definition) is 0. The molecule has 0 aliphatic heterocycles. The van der Waals surface area contributed by atoms with E-state index in [2.05, 4.69) is 29.7 Å². The van der Waals surface area contributed by atoms with Gasteiger partial charge in [0, 0.05) is 24.6 Å². The highest BCUT2D eigenvalue weighted by molar-refractivity contribution is 5.83. The number of hydrogen-bond acceptors (Lipinski definition) is 2. The molecule has 3 heteroatoms. The predicted octanol–water partition coefficient (Wildman–Crippen LogP) is 2.77. The van der Waals surface area contributed by atoms with Crippen LogP contribution in [0.5, 0.6) is 0 Å². The molecule has 0 aromatic carbocycles. The van der Waals surface area contributed by atoms with Gasteiger partial charge in [0.05, 0.1) is 5.69 Å². The number of aromatic nitrogens is 2. The number of carbonyl (C=O) groups is 1. The van der Waals surface area contributed by atoms with E-state index in [4.69, 9.17) is 0 Å². The normalized spacial score (nSPS) is 15.2. The summed E-state index contributed by atoms with van der Waals surface area (Å²) < 4.78 is 2.07. The van der Waals surface area contributed by atoms with Crippen LogP contribution in [0.15, 0.2) is 6.07 Å². The topological polar surface area (TPSA) is 34.9 Å². The van der Waals surface area contributed by atoms with Gasteiger partial charge in [-0.05, 0) is 45.1 Å². The van der Waals surface area contributed by atoms with E-state index in [0.29, 0.717) is 11.7 Å². The highest BCUT2D eigenvalue weighted by Crippen LogP contribution is 2.31. The molecular formula is C14H22N2O. The second-order valence-electron chi connectivity index (χ2n) is 4.89. The van der Waals surface area contributed by atoms with Crippen molar-refractivity contribution >= 4 is 5.78 Å². The first-order valence-electron chi connectivity index (χ1n) is 6.82. The van der Waals surface area contributed by atoms with Crippen molar-refractivity contribution in [3.8, 4) is 0 Å². The van der Waals surface area contributed by atoms with Crippen LogP contribution in [-0.4, -0.2) is 15.6 Å². The molecule has 1 aliphatic rings. The van der Waals surface area contributed by atoms with Crippen molar-refractivity contribution in [1.82, 2.24) is 9.78 Å². The SMILES string of the molecule is CCc1cc(CCCC(=O)C2CC2)n(CC)n1. The fraction of sp³-hybridized carbons (Fsp3) is 0.714. The average Bonchev–Trinajstić information content (AvgIpc) is 3.11. The third-order valence-corrected chi connectivity index (χ3v) is 3.46. The molecule has 0 bridgehead atoms. The summed E-state index contributed by atoms with van der Waals surface area (Å²) in [5, 5.41) is 4.52. The van der Waals surface area contributed by atoms with Gasteiger partial charge in [-0.1, -0.05) is 6.92 Å². The van der Waals surface area contributed by atoms with Gasteiger partial charge in [-0.3, -0.25) is 9.48 Å². The lowest BCUT2D eigenvalue weighted by Gasteiger charge is -2.03. The van der Waals surface area contributed by atoms with Gasteiger partial charge < -0.3 is 0 Å². The van der Waals surface area contributed by atoms with Crippen LogP contribution in [0, 0.1) is 5.92 Å². The van der Waals surface area contributed by atoms with Gasteiger partial charge in [0.1, 0.15) is 5.78 Å². The van der Waals surface area contributed by atoms with Crippen molar-refractivity contribution in [2.45, 2.75) is 58.9 Å². The van der Waals surface area contributed by atoms with Crippen LogP contribution in [0.4, 0.5) is 0 Å². The number of ketones is 1. The molecule has 1 heterocycles. The van der Waals surface area contributed by atoms with E-state index in [9.17, 15) is 4.79 Å². The Hall–Kier alpha value is -1.12. The molecule has 1 aromatic rings. The summed E-state index contributed by atoms with van der Waals surface area (Å²) in [5.41, 5.74) is 2.45. The average molecular weight is 234 g/mol. The predicted molar refractivity (Wildman–Crippen MR) is 67.9 cm³/mol. The zero-order chi connectivity index (χ0) is 12.3. The van der Waals surface area contributed by atoms with Gasteiger partial charge in [0.15, 0.2) is 0 Å². The van der Waals surface area contributed by atoms with Crippen LogP contribution in [0.3, 0.4) is 0 Å². The summed E-state index contributed by atoms with van der Waals surface area (Å²) in [5.74, 6) is 0.889. The molecule has 0 radical (unpaired) electrons. The third-order valence-electron chi connectivity index (χ3n) is 3.46. The molecule has 17 heavy (non-hydrogen) atoms. The van der Waals surface area contributed by atoms with Crippen LogP contribution >= 0.6 is 0 Å². The Morgan fingerprint density at radius 1 is 1.47 bits per heavy atom. The van der Waals surface area contributed by atoms with Gasteiger partial charge >= 0.3 is 0 Å². The Bertz CT molecular complexity index is 391. The van der Waals surface area contributed by atoms with Gasteiger partial charge in [-0.15, -0.1) is 0 Å². The summed E-state index contributed by atoms with van der Waals surface area (Å²) in [7, 11) is 0. The standard InChI is InChI=1S/C14H22N2O/c1-3-12-10-13(16(4-2)15-12)6-5-7-14(17)11-8-9-11/h10-11H,3-9H2,1-2H3. The van der Waals surface area contributed by atoms with Crippen LogP contribution in [-0.2, 0) is 24.2 Å². The molecular weight excluding hydrogens is 212 g/mol.